The number of methoxy groups -OCH3 is 1. The van der Waals surface area contributed by atoms with Crippen LogP contribution in [0.5, 0.6) is 5.75 Å². The van der Waals surface area contributed by atoms with Crippen LogP contribution in [0.15, 0.2) is 71.6 Å². The van der Waals surface area contributed by atoms with Crippen molar-refractivity contribution >= 4 is 40.4 Å². The maximum Gasteiger partial charge on any atom is 0.317 e. The van der Waals surface area contributed by atoms with E-state index < -0.39 is 11.2 Å². The van der Waals surface area contributed by atoms with Crippen LogP contribution in [0.1, 0.15) is 47.9 Å². The second kappa shape index (κ2) is 14.5. The predicted molar refractivity (Wildman–Crippen MR) is 164 cm³/mol. The fourth-order valence-corrected chi connectivity index (χ4v) is 6.47. The zero-order valence-corrected chi connectivity index (χ0v) is 25.6. The van der Waals surface area contributed by atoms with E-state index in [-0.39, 0.29) is 12.1 Å². The number of halogens is 2. The summed E-state index contributed by atoms with van der Waals surface area (Å²) >= 11 is 11.5. The van der Waals surface area contributed by atoms with Crippen LogP contribution in [-0.2, 0) is 17.7 Å². The minimum atomic E-state index is -0.995. The second-order valence-corrected chi connectivity index (χ2v) is 12.4. The van der Waals surface area contributed by atoms with Gasteiger partial charge in [0.2, 0.25) is 0 Å². The number of nitrogens with one attached hydrogen (secondary N) is 1. The first-order valence-electron chi connectivity index (χ1n) is 13.5. The molecule has 214 valence electrons. The lowest BCUT2D eigenvalue weighted by molar-refractivity contribution is 0.188. The molecule has 1 aliphatic heterocycles. The number of para-hydroxylation sites is 1. The van der Waals surface area contributed by atoms with Gasteiger partial charge in [-0.1, -0.05) is 65.7 Å². The Morgan fingerprint density at radius 2 is 1.80 bits per heavy atom. The number of urea groups is 1. The van der Waals surface area contributed by atoms with Crippen molar-refractivity contribution in [2.75, 3.05) is 40.0 Å². The average molecular weight is 603 g/mol. The molecule has 2 atom stereocenters. The van der Waals surface area contributed by atoms with E-state index in [1.165, 1.54) is 5.56 Å². The lowest BCUT2D eigenvalue weighted by Gasteiger charge is -2.34. The molecule has 0 saturated carbocycles. The molecule has 1 fully saturated rings. The Kier molecular flexibility index (Phi) is 11.0. The first kappa shape index (κ1) is 30.5. The summed E-state index contributed by atoms with van der Waals surface area (Å²) in [6.07, 6.45) is 4.50. The molecule has 0 radical (unpaired) electrons. The normalized spacial score (nSPS) is 15.8. The number of piperidine rings is 1. The largest absolute Gasteiger partial charge is 0.612 e. The van der Waals surface area contributed by atoms with E-state index in [0.717, 1.165) is 60.7 Å². The number of amides is 2. The highest BCUT2D eigenvalue weighted by atomic mass is 35.5. The molecule has 1 aliphatic rings. The molecule has 0 spiro atoms. The van der Waals surface area contributed by atoms with Crippen molar-refractivity contribution in [3.63, 3.8) is 0 Å². The number of likely N-dealkylation sites (tertiary alicyclic amines) is 1. The number of benzene rings is 3. The maximum absolute atomic E-state index is 13.3. The van der Waals surface area contributed by atoms with E-state index in [2.05, 4.69) is 16.3 Å². The van der Waals surface area contributed by atoms with Crippen molar-refractivity contribution in [1.82, 2.24) is 15.1 Å². The van der Waals surface area contributed by atoms with Crippen LogP contribution in [-0.4, -0.2) is 60.4 Å². The van der Waals surface area contributed by atoms with Crippen molar-refractivity contribution in [2.24, 2.45) is 0 Å². The van der Waals surface area contributed by atoms with Gasteiger partial charge in [0, 0.05) is 24.7 Å². The predicted octanol–water partition coefficient (Wildman–Crippen LogP) is 6.89. The van der Waals surface area contributed by atoms with E-state index in [4.69, 9.17) is 27.9 Å². The van der Waals surface area contributed by atoms with Crippen LogP contribution >= 0.6 is 23.2 Å². The quantitative estimate of drug-likeness (QED) is 0.257. The number of hydrogen-bond acceptors (Lipinski definition) is 4. The number of carbonyl (C=O) groups excluding carboxylic acids is 1. The fraction of sp³-hybridized carbons (Fsp3) is 0.387. The number of carbonyl (C=O) groups is 1. The third kappa shape index (κ3) is 7.86. The lowest BCUT2D eigenvalue weighted by Crippen LogP contribution is -2.41. The first-order valence-corrected chi connectivity index (χ1v) is 15.8. The van der Waals surface area contributed by atoms with Gasteiger partial charge in [0.1, 0.15) is 12.0 Å². The second-order valence-electron chi connectivity index (χ2n) is 10.2. The van der Waals surface area contributed by atoms with Crippen molar-refractivity contribution in [2.45, 2.75) is 42.7 Å². The van der Waals surface area contributed by atoms with Gasteiger partial charge in [0.25, 0.3) is 0 Å². The van der Waals surface area contributed by atoms with Crippen molar-refractivity contribution in [1.29, 1.82) is 0 Å². The van der Waals surface area contributed by atoms with E-state index in [9.17, 15) is 9.35 Å². The first-order chi connectivity index (χ1) is 19.3. The topological polar surface area (TPSA) is 67.9 Å². The lowest BCUT2D eigenvalue weighted by atomic mass is 9.89. The molecule has 40 heavy (non-hydrogen) atoms. The zero-order chi connectivity index (χ0) is 28.6. The SMILES string of the molecule is COc1ccccc1CN(C)C(=O)N[C@@H](CCN1CCC(c2ccccc2[S+](C)[O-])CC1)c1ccc(Cl)c(Cl)c1. The molecule has 4 rings (SSSR count). The molecule has 0 bridgehead atoms. The van der Waals surface area contributed by atoms with E-state index in [0.29, 0.717) is 22.5 Å². The highest BCUT2D eigenvalue weighted by molar-refractivity contribution is 7.90. The van der Waals surface area contributed by atoms with Gasteiger partial charge in [-0.3, -0.25) is 0 Å². The molecule has 1 saturated heterocycles. The molecule has 0 aromatic heterocycles. The molecule has 1 heterocycles. The average Bonchev–Trinajstić information content (AvgIpc) is 2.97. The molecule has 0 aliphatic carbocycles. The fourth-order valence-electron chi connectivity index (χ4n) is 5.33. The van der Waals surface area contributed by atoms with Gasteiger partial charge in [0.15, 0.2) is 4.90 Å². The van der Waals surface area contributed by atoms with Crippen molar-refractivity contribution < 1.29 is 14.1 Å². The number of nitrogens with zero attached hydrogens (tertiary/aromatic N) is 2. The van der Waals surface area contributed by atoms with Gasteiger partial charge >= 0.3 is 6.03 Å². The summed E-state index contributed by atoms with van der Waals surface area (Å²) in [5.74, 6) is 1.16. The summed E-state index contributed by atoms with van der Waals surface area (Å²) in [5.41, 5.74) is 3.06. The highest BCUT2D eigenvalue weighted by Crippen LogP contribution is 2.33. The summed E-state index contributed by atoms with van der Waals surface area (Å²) in [5, 5.41) is 4.17. The Morgan fingerprint density at radius 1 is 1.10 bits per heavy atom. The summed E-state index contributed by atoms with van der Waals surface area (Å²) in [4.78, 5) is 18.3. The van der Waals surface area contributed by atoms with Crippen LogP contribution in [0.25, 0.3) is 0 Å². The smallest absolute Gasteiger partial charge is 0.317 e. The Morgan fingerprint density at radius 3 is 2.50 bits per heavy atom. The minimum absolute atomic E-state index is 0.176. The number of ether oxygens (including phenoxy) is 1. The third-order valence-corrected chi connectivity index (χ3v) is 9.31. The molecule has 3 aromatic carbocycles. The van der Waals surface area contributed by atoms with Crippen LogP contribution in [0, 0.1) is 0 Å². The van der Waals surface area contributed by atoms with Gasteiger partial charge in [-0.25, -0.2) is 4.79 Å². The Labute approximate surface area is 250 Å². The highest BCUT2D eigenvalue weighted by Gasteiger charge is 2.26. The van der Waals surface area contributed by atoms with Crippen molar-refractivity contribution in [3.8, 4) is 5.75 Å². The molecule has 3 aromatic rings. The van der Waals surface area contributed by atoms with Gasteiger partial charge < -0.3 is 24.4 Å². The van der Waals surface area contributed by atoms with E-state index >= 15 is 0 Å². The molecule has 6 nitrogen and oxygen atoms in total. The van der Waals surface area contributed by atoms with Crippen molar-refractivity contribution in [3.05, 3.63) is 93.5 Å². The molecule has 9 heteroatoms. The maximum atomic E-state index is 13.3. The summed E-state index contributed by atoms with van der Waals surface area (Å²) in [6, 6.07) is 20.9. The van der Waals surface area contributed by atoms with Crippen LogP contribution < -0.4 is 10.1 Å². The van der Waals surface area contributed by atoms with Crippen LogP contribution in [0.3, 0.4) is 0 Å². The number of hydrogen-bond donors (Lipinski definition) is 1. The van der Waals surface area contributed by atoms with E-state index in [1.54, 1.807) is 31.4 Å². The zero-order valence-electron chi connectivity index (χ0n) is 23.2. The Bertz CT molecular complexity index is 1280. The monoisotopic (exact) mass is 601 g/mol. The summed E-state index contributed by atoms with van der Waals surface area (Å²) in [7, 11) is 3.41. The third-order valence-electron chi connectivity index (χ3n) is 7.58. The van der Waals surface area contributed by atoms with E-state index in [1.807, 2.05) is 54.6 Å². The summed E-state index contributed by atoms with van der Waals surface area (Å²) < 4.78 is 17.7. The van der Waals surface area contributed by atoms with Gasteiger partial charge in [-0.15, -0.1) is 0 Å². The van der Waals surface area contributed by atoms with Crippen LogP contribution in [0.2, 0.25) is 10.0 Å². The minimum Gasteiger partial charge on any atom is -0.612 e. The molecular formula is C31H37Cl2N3O3S. The van der Waals surface area contributed by atoms with Gasteiger partial charge in [0.05, 0.1) is 29.7 Å². The standard InChI is InChI=1S/C31H37Cl2N3O3S/c1-35(21-24-8-4-6-10-29(24)39-2)31(37)34-28(23-12-13-26(32)27(33)20-23)16-19-36-17-14-22(15-18-36)25-9-5-7-11-30(25)40(3)38/h4-13,20,22,28H,14-19,21H2,1-3H3,(H,34,37)/t28-,40?/m0/s1. The molecule has 1 N–H and O–H groups in total. The van der Waals surface area contributed by atoms with Crippen LogP contribution in [0.4, 0.5) is 4.79 Å². The molecule has 2 amide bonds. The Hall–Kier alpha value is -2.42. The van der Waals surface area contributed by atoms with Gasteiger partial charge in [-0.05, 0) is 79.3 Å². The molecule has 1 unspecified atom stereocenters. The summed E-state index contributed by atoms with van der Waals surface area (Å²) in [6.45, 7) is 3.15. The molecular weight excluding hydrogens is 565 g/mol. The van der Waals surface area contributed by atoms with Gasteiger partial charge in [-0.2, -0.15) is 0 Å². The Balaban J connectivity index is 1.40. The number of rotatable bonds is 10.